The van der Waals surface area contributed by atoms with Crippen LogP contribution in [-0.2, 0) is 6.54 Å². The number of halogens is 2. The van der Waals surface area contributed by atoms with Gasteiger partial charge < -0.3 is 5.32 Å². The minimum absolute atomic E-state index is 0.122. The summed E-state index contributed by atoms with van der Waals surface area (Å²) in [6.45, 7) is 4.65. The fourth-order valence-corrected chi connectivity index (χ4v) is 2.24. The molecule has 0 radical (unpaired) electrons. The first kappa shape index (κ1) is 11.0. The number of hydrogen-bond acceptors (Lipinski definition) is 2. The van der Waals surface area contributed by atoms with Crippen molar-refractivity contribution < 1.29 is 4.39 Å². The maximum atomic E-state index is 13.5. The van der Waals surface area contributed by atoms with Gasteiger partial charge in [-0.15, -0.1) is 0 Å². The SMILES string of the molecule is Fc1cccc(Br)c1CN1CCNCC1. The molecule has 1 fully saturated rings. The molecule has 1 saturated heterocycles. The lowest BCUT2D eigenvalue weighted by molar-refractivity contribution is 0.230. The van der Waals surface area contributed by atoms with E-state index in [1.54, 1.807) is 6.07 Å². The molecule has 2 rings (SSSR count). The Morgan fingerprint density at radius 2 is 2.07 bits per heavy atom. The first-order valence-electron chi connectivity index (χ1n) is 5.13. The summed E-state index contributed by atoms with van der Waals surface area (Å²) in [5, 5.41) is 3.28. The highest BCUT2D eigenvalue weighted by Gasteiger charge is 2.14. The summed E-state index contributed by atoms with van der Waals surface area (Å²) in [7, 11) is 0. The van der Waals surface area contributed by atoms with E-state index >= 15 is 0 Å². The zero-order valence-electron chi connectivity index (χ0n) is 8.47. The molecule has 1 aliphatic rings. The van der Waals surface area contributed by atoms with Crippen LogP contribution in [0.25, 0.3) is 0 Å². The van der Waals surface area contributed by atoms with E-state index in [9.17, 15) is 4.39 Å². The van der Waals surface area contributed by atoms with Gasteiger partial charge in [0, 0.05) is 42.8 Å². The lowest BCUT2D eigenvalue weighted by Gasteiger charge is -2.27. The smallest absolute Gasteiger partial charge is 0.128 e. The molecule has 1 heterocycles. The molecule has 0 spiro atoms. The van der Waals surface area contributed by atoms with Gasteiger partial charge in [-0.2, -0.15) is 0 Å². The zero-order chi connectivity index (χ0) is 10.7. The summed E-state index contributed by atoms with van der Waals surface area (Å²) in [4.78, 5) is 2.26. The molecule has 2 nitrogen and oxygen atoms in total. The Morgan fingerprint density at radius 3 is 2.73 bits per heavy atom. The van der Waals surface area contributed by atoms with E-state index in [2.05, 4.69) is 26.1 Å². The van der Waals surface area contributed by atoms with Crippen molar-refractivity contribution in [2.75, 3.05) is 26.2 Å². The molecule has 0 atom stereocenters. The van der Waals surface area contributed by atoms with Crippen LogP contribution in [-0.4, -0.2) is 31.1 Å². The van der Waals surface area contributed by atoms with E-state index < -0.39 is 0 Å². The number of hydrogen-bond donors (Lipinski definition) is 1. The van der Waals surface area contributed by atoms with Crippen LogP contribution in [0.2, 0.25) is 0 Å². The van der Waals surface area contributed by atoms with Crippen molar-refractivity contribution in [3.63, 3.8) is 0 Å². The number of benzene rings is 1. The van der Waals surface area contributed by atoms with Crippen LogP contribution < -0.4 is 5.32 Å². The molecule has 1 N–H and O–H groups in total. The maximum absolute atomic E-state index is 13.5. The van der Waals surface area contributed by atoms with E-state index in [1.165, 1.54) is 6.07 Å². The van der Waals surface area contributed by atoms with E-state index in [-0.39, 0.29) is 5.82 Å². The minimum atomic E-state index is -0.122. The van der Waals surface area contributed by atoms with Crippen molar-refractivity contribution in [2.24, 2.45) is 0 Å². The fraction of sp³-hybridized carbons (Fsp3) is 0.455. The normalized spacial score (nSPS) is 18.0. The number of piperazine rings is 1. The largest absolute Gasteiger partial charge is 0.314 e. The summed E-state index contributed by atoms with van der Waals surface area (Å²) in [6, 6.07) is 5.13. The van der Waals surface area contributed by atoms with Gasteiger partial charge in [-0.3, -0.25) is 4.90 Å². The Bertz CT molecular complexity index is 317. The molecule has 0 saturated carbocycles. The van der Waals surface area contributed by atoms with E-state index in [0.29, 0.717) is 6.54 Å². The second kappa shape index (κ2) is 5.05. The highest BCUT2D eigenvalue weighted by molar-refractivity contribution is 9.10. The molecule has 82 valence electrons. The zero-order valence-corrected chi connectivity index (χ0v) is 10.1. The maximum Gasteiger partial charge on any atom is 0.128 e. The van der Waals surface area contributed by atoms with Crippen LogP contribution in [0.4, 0.5) is 4.39 Å². The van der Waals surface area contributed by atoms with E-state index in [4.69, 9.17) is 0 Å². The van der Waals surface area contributed by atoms with Gasteiger partial charge >= 0.3 is 0 Å². The van der Waals surface area contributed by atoms with Crippen LogP contribution in [0.15, 0.2) is 22.7 Å². The van der Waals surface area contributed by atoms with Crippen LogP contribution in [0.3, 0.4) is 0 Å². The number of nitrogens with one attached hydrogen (secondary N) is 1. The standard InChI is InChI=1S/C11H14BrFN2/c12-10-2-1-3-11(13)9(10)8-15-6-4-14-5-7-15/h1-3,14H,4-8H2. The molecule has 15 heavy (non-hydrogen) atoms. The quantitative estimate of drug-likeness (QED) is 0.886. The Hall–Kier alpha value is -0.450. The monoisotopic (exact) mass is 272 g/mol. The Balaban J connectivity index is 2.09. The van der Waals surface area contributed by atoms with E-state index in [1.807, 2.05) is 6.07 Å². The lowest BCUT2D eigenvalue weighted by Crippen LogP contribution is -2.43. The number of nitrogens with zero attached hydrogens (tertiary/aromatic N) is 1. The molecule has 4 heteroatoms. The lowest BCUT2D eigenvalue weighted by atomic mass is 10.2. The Labute approximate surface area is 97.6 Å². The van der Waals surface area contributed by atoms with Gasteiger partial charge in [-0.1, -0.05) is 22.0 Å². The van der Waals surface area contributed by atoms with Gasteiger partial charge in [-0.05, 0) is 12.1 Å². The van der Waals surface area contributed by atoms with Crippen molar-refractivity contribution in [2.45, 2.75) is 6.54 Å². The third-order valence-electron chi connectivity index (χ3n) is 2.65. The fourth-order valence-electron chi connectivity index (χ4n) is 1.78. The molecule has 0 aromatic heterocycles. The highest BCUT2D eigenvalue weighted by atomic mass is 79.9. The van der Waals surface area contributed by atoms with Gasteiger partial charge in [0.05, 0.1) is 0 Å². The summed E-state index contributed by atoms with van der Waals surface area (Å²) < 4.78 is 14.4. The first-order valence-corrected chi connectivity index (χ1v) is 5.92. The van der Waals surface area contributed by atoms with E-state index in [0.717, 1.165) is 36.2 Å². The van der Waals surface area contributed by atoms with Crippen LogP contribution in [0.1, 0.15) is 5.56 Å². The van der Waals surface area contributed by atoms with Crippen molar-refractivity contribution in [1.82, 2.24) is 10.2 Å². The predicted octanol–water partition coefficient (Wildman–Crippen LogP) is 1.99. The summed E-state index contributed by atoms with van der Waals surface area (Å²) in [5.41, 5.74) is 0.763. The molecular weight excluding hydrogens is 259 g/mol. The molecule has 0 unspecified atom stereocenters. The predicted molar refractivity (Wildman–Crippen MR) is 62.2 cm³/mol. The summed E-state index contributed by atoms with van der Waals surface area (Å²) in [6.07, 6.45) is 0. The van der Waals surface area contributed by atoms with Crippen molar-refractivity contribution in [3.05, 3.63) is 34.1 Å². The summed E-state index contributed by atoms with van der Waals surface area (Å²) >= 11 is 3.39. The second-order valence-corrected chi connectivity index (χ2v) is 4.58. The van der Waals surface area contributed by atoms with Gasteiger partial charge in [0.1, 0.15) is 5.82 Å². The molecule has 0 aliphatic carbocycles. The number of rotatable bonds is 2. The third kappa shape index (κ3) is 2.77. The average molecular weight is 273 g/mol. The van der Waals surface area contributed by atoms with Crippen molar-refractivity contribution in [1.29, 1.82) is 0 Å². The van der Waals surface area contributed by atoms with Crippen molar-refractivity contribution in [3.8, 4) is 0 Å². The molecule has 1 aromatic carbocycles. The summed E-state index contributed by atoms with van der Waals surface area (Å²) in [5.74, 6) is -0.122. The van der Waals surface area contributed by atoms with Gasteiger partial charge in [0.15, 0.2) is 0 Å². The van der Waals surface area contributed by atoms with Crippen LogP contribution in [0, 0.1) is 5.82 Å². The van der Waals surface area contributed by atoms with Gasteiger partial charge in [0.2, 0.25) is 0 Å². The molecule has 0 bridgehead atoms. The second-order valence-electron chi connectivity index (χ2n) is 3.73. The third-order valence-corrected chi connectivity index (χ3v) is 3.40. The van der Waals surface area contributed by atoms with Gasteiger partial charge in [0.25, 0.3) is 0 Å². The topological polar surface area (TPSA) is 15.3 Å². The Kier molecular flexibility index (Phi) is 3.72. The first-order chi connectivity index (χ1) is 7.27. The van der Waals surface area contributed by atoms with Gasteiger partial charge in [-0.25, -0.2) is 4.39 Å². The molecule has 0 amide bonds. The van der Waals surface area contributed by atoms with Crippen LogP contribution >= 0.6 is 15.9 Å². The van der Waals surface area contributed by atoms with Crippen LogP contribution in [0.5, 0.6) is 0 Å². The molecule has 1 aromatic rings. The average Bonchev–Trinajstić information content (AvgIpc) is 2.25. The van der Waals surface area contributed by atoms with Crippen molar-refractivity contribution >= 4 is 15.9 Å². The molecular formula is C11H14BrFN2. The minimum Gasteiger partial charge on any atom is -0.314 e. The highest BCUT2D eigenvalue weighted by Crippen LogP contribution is 2.21. The Morgan fingerprint density at radius 1 is 1.33 bits per heavy atom. The molecule has 1 aliphatic heterocycles.